The Balaban J connectivity index is 0.00000225. The summed E-state index contributed by atoms with van der Waals surface area (Å²) in [6, 6.07) is 13.4. The van der Waals surface area contributed by atoms with Crippen LogP contribution in [0.25, 0.3) is 0 Å². The zero-order chi connectivity index (χ0) is 20.1. The van der Waals surface area contributed by atoms with Crippen molar-refractivity contribution >= 4 is 65.1 Å². The summed E-state index contributed by atoms with van der Waals surface area (Å²) in [5.41, 5.74) is 15.0. The molecule has 0 aliphatic carbocycles. The lowest BCUT2D eigenvalue weighted by Gasteiger charge is -2.22. The Morgan fingerprint density at radius 1 is 1.20 bits per heavy atom. The molecule has 5 N–H and O–H groups in total. The van der Waals surface area contributed by atoms with Gasteiger partial charge in [-0.15, -0.1) is 24.8 Å². The maximum atomic E-state index is 6.36. The zero-order valence-electron chi connectivity index (χ0n) is 16.6. The fourth-order valence-corrected chi connectivity index (χ4v) is 3.36. The number of ether oxygens (including phenoxy) is 1. The molecule has 5 nitrogen and oxygen atoms in total. The van der Waals surface area contributed by atoms with E-state index < -0.39 is 0 Å². The van der Waals surface area contributed by atoms with Crippen LogP contribution >= 0.6 is 48.6 Å². The van der Waals surface area contributed by atoms with Gasteiger partial charge in [0.1, 0.15) is 22.3 Å². The molecule has 9 heteroatoms. The molecule has 2 atom stereocenters. The summed E-state index contributed by atoms with van der Waals surface area (Å²) in [6.07, 6.45) is 2.66. The predicted octanol–water partition coefficient (Wildman–Crippen LogP) is 5.09. The van der Waals surface area contributed by atoms with Crippen LogP contribution in [0.5, 0.6) is 5.75 Å². The van der Waals surface area contributed by atoms with Crippen LogP contribution in [0.1, 0.15) is 43.4 Å². The summed E-state index contributed by atoms with van der Waals surface area (Å²) in [5.74, 6) is 1.23. The Hall–Kier alpha value is -1.57. The monoisotopic (exact) mass is 488 g/mol. The highest BCUT2D eigenvalue weighted by atomic mass is 35.5. The van der Waals surface area contributed by atoms with Crippen molar-refractivity contribution in [2.24, 2.45) is 16.5 Å². The number of fused-ring (bicyclic) bond motifs is 1. The highest BCUT2D eigenvalue weighted by molar-refractivity contribution is 7.80. The molecular weight excluding hydrogens is 463 g/mol. The lowest BCUT2D eigenvalue weighted by molar-refractivity contribution is 0.281. The van der Waals surface area contributed by atoms with Gasteiger partial charge in [-0.2, -0.15) is 0 Å². The average molecular weight is 490 g/mol. The molecule has 1 heterocycles. The summed E-state index contributed by atoms with van der Waals surface area (Å²) in [5, 5.41) is 3.99. The number of rotatable bonds is 7. The summed E-state index contributed by atoms with van der Waals surface area (Å²) in [7, 11) is 0. The second kappa shape index (κ2) is 12.3. The highest BCUT2D eigenvalue weighted by Gasteiger charge is 2.19. The smallest absolute Gasteiger partial charge is 0.153 e. The number of nitrogens with one attached hydrogen (secondary N) is 1. The molecule has 3 rings (SSSR count). The molecule has 0 radical (unpaired) electrons. The first-order valence-electron chi connectivity index (χ1n) is 9.38. The SMILES string of the molecule is CC1Oc2ccc(C(N)CCCCNC(=S)c3ccc(Cl)cc3)cc2N=C1N.Cl.Cl. The van der Waals surface area contributed by atoms with Crippen LogP contribution in [-0.4, -0.2) is 23.5 Å². The van der Waals surface area contributed by atoms with E-state index in [1.807, 2.05) is 49.4 Å². The number of nitrogens with two attached hydrogens (primary N) is 2. The van der Waals surface area contributed by atoms with Crippen LogP contribution in [0.3, 0.4) is 0 Å². The molecule has 0 aromatic heterocycles. The van der Waals surface area contributed by atoms with E-state index in [-0.39, 0.29) is 37.0 Å². The van der Waals surface area contributed by atoms with Gasteiger partial charge < -0.3 is 21.5 Å². The van der Waals surface area contributed by atoms with E-state index in [9.17, 15) is 0 Å². The van der Waals surface area contributed by atoms with E-state index in [1.165, 1.54) is 0 Å². The number of hydrogen-bond acceptors (Lipinski definition) is 5. The van der Waals surface area contributed by atoms with Gasteiger partial charge >= 0.3 is 0 Å². The molecule has 1 aliphatic rings. The first-order chi connectivity index (χ1) is 13.4. The van der Waals surface area contributed by atoms with Crippen LogP contribution in [0.4, 0.5) is 5.69 Å². The molecule has 0 saturated heterocycles. The van der Waals surface area contributed by atoms with Crippen molar-refractivity contribution in [3.63, 3.8) is 0 Å². The van der Waals surface area contributed by atoms with Gasteiger partial charge in [0, 0.05) is 23.2 Å². The van der Waals surface area contributed by atoms with Gasteiger partial charge in [-0.1, -0.05) is 42.0 Å². The molecule has 2 aromatic carbocycles. The third kappa shape index (κ3) is 7.00. The molecule has 2 aromatic rings. The first-order valence-corrected chi connectivity index (χ1v) is 10.2. The lowest BCUT2D eigenvalue weighted by atomic mass is 10.0. The van der Waals surface area contributed by atoms with Crippen molar-refractivity contribution in [3.05, 3.63) is 58.6 Å². The predicted molar refractivity (Wildman–Crippen MR) is 134 cm³/mol. The van der Waals surface area contributed by atoms with E-state index in [4.69, 9.17) is 40.0 Å². The van der Waals surface area contributed by atoms with Gasteiger partial charge in [0.2, 0.25) is 0 Å². The van der Waals surface area contributed by atoms with E-state index in [1.54, 1.807) is 0 Å². The number of unbranched alkanes of at least 4 members (excludes halogenated alkanes) is 1. The number of nitrogens with zero attached hydrogens (tertiary/aromatic N) is 1. The summed E-state index contributed by atoms with van der Waals surface area (Å²) in [6.45, 7) is 2.69. The molecule has 0 bridgehead atoms. The Bertz CT molecular complexity index is 877. The molecule has 0 amide bonds. The number of benzene rings is 2. The number of hydrogen-bond donors (Lipinski definition) is 3. The summed E-state index contributed by atoms with van der Waals surface area (Å²) in [4.78, 5) is 5.15. The lowest BCUT2D eigenvalue weighted by Crippen LogP contribution is -2.33. The third-order valence-corrected chi connectivity index (χ3v) is 5.35. The van der Waals surface area contributed by atoms with E-state index in [0.29, 0.717) is 10.9 Å². The Morgan fingerprint density at radius 2 is 1.90 bits per heavy atom. The maximum Gasteiger partial charge on any atom is 0.153 e. The van der Waals surface area contributed by atoms with Gasteiger partial charge in [-0.25, -0.2) is 4.99 Å². The largest absolute Gasteiger partial charge is 0.481 e. The second-order valence-corrected chi connectivity index (χ2v) is 7.73. The number of halogens is 3. The van der Waals surface area contributed by atoms with Gasteiger partial charge in [0.15, 0.2) is 6.10 Å². The fourth-order valence-electron chi connectivity index (χ4n) is 2.99. The van der Waals surface area contributed by atoms with Crippen LogP contribution < -0.4 is 21.5 Å². The van der Waals surface area contributed by atoms with Gasteiger partial charge in [-0.3, -0.25) is 0 Å². The Morgan fingerprint density at radius 3 is 2.60 bits per heavy atom. The van der Waals surface area contributed by atoms with Crippen molar-refractivity contribution < 1.29 is 4.74 Å². The van der Waals surface area contributed by atoms with Crippen LogP contribution in [0, 0.1) is 0 Å². The Labute approximate surface area is 200 Å². The molecular formula is C21H27Cl3N4OS. The standard InChI is InChI=1S/C21H25ClN4OS.2ClH/c1-13-20(24)26-18-12-15(7-10-19(18)27-13)17(23)4-2-3-11-25-21(28)14-5-8-16(22)9-6-14;;/h5-10,12-13,17H,2-4,11,23H2,1H3,(H2,24,26)(H,25,28);2*1H. The number of amidine groups is 1. The van der Waals surface area contributed by atoms with E-state index >= 15 is 0 Å². The minimum atomic E-state index is -0.196. The van der Waals surface area contributed by atoms with Crippen LogP contribution in [-0.2, 0) is 0 Å². The average Bonchev–Trinajstić information content (AvgIpc) is 2.68. The van der Waals surface area contributed by atoms with E-state index in [0.717, 1.165) is 53.4 Å². The molecule has 30 heavy (non-hydrogen) atoms. The van der Waals surface area contributed by atoms with Gasteiger partial charge in [-0.05, 0) is 56.0 Å². The maximum absolute atomic E-state index is 6.36. The highest BCUT2D eigenvalue weighted by Crippen LogP contribution is 2.34. The van der Waals surface area contributed by atoms with Crippen molar-refractivity contribution in [1.82, 2.24) is 5.32 Å². The molecule has 0 fully saturated rings. The summed E-state index contributed by atoms with van der Waals surface area (Å²) >= 11 is 11.3. The van der Waals surface area contributed by atoms with E-state index in [2.05, 4.69) is 10.3 Å². The Kier molecular flexibility index (Phi) is 10.9. The molecule has 0 saturated carbocycles. The van der Waals surface area contributed by atoms with Crippen molar-refractivity contribution in [2.45, 2.75) is 38.3 Å². The topological polar surface area (TPSA) is 85.7 Å². The molecule has 1 aliphatic heterocycles. The zero-order valence-corrected chi connectivity index (χ0v) is 19.8. The van der Waals surface area contributed by atoms with Gasteiger partial charge in [0.05, 0.1) is 0 Å². The molecule has 0 spiro atoms. The van der Waals surface area contributed by atoms with Crippen molar-refractivity contribution in [3.8, 4) is 5.75 Å². The second-order valence-electron chi connectivity index (χ2n) is 6.89. The number of aliphatic imine (C=N–C) groups is 1. The normalized spacial score (nSPS) is 15.4. The van der Waals surface area contributed by atoms with Gasteiger partial charge in [0.25, 0.3) is 0 Å². The number of thiocarbonyl (C=S) groups is 1. The molecule has 164 valence electrons. The molecule has 2 unspecified atom stereocenters. The minimum absolute atomic E-state index is 0. The first kappa shape index (κ1) is 26.5. The third-order valence-electron chi connectivity index (χ3n) is 4.71. The van der Waals surface area contributed by atoms with Crippen molar-refractivity contribution in [2.75, 3.05) is 6.54 Å². The quantitative estimate of drug-likeness (QED) is 0.372. The van der Waals surface area contributed by atoms with Crippen molar-refractivity contribution in [1.29, 1.82) is 0 Å². The fraction of sp³-hybridized carbons (Fsp3) is 0.333. The van der Waals surface area contributed by atoms with Crippen LogP contribution in [0.2, 0.25) is 5.02 Å². The van der Waals surface area contributed by atoms with Crippen LogP contribution in [0.15, 0.2) is 47.5 Å². The summed E-state index contributed by atoms with van der Waals surface area (Å²) < 4.78 is 5.73. The minimum Gasteiger partial charge on any atom is -0.481 e.